The van der Waals surface area contributed by atoms with E-state index >= 15 is 0 Å². The molecular formula is C13H11F3N2OS. The highest BCUT2D eigenvalue weighted by Gasteiger charge is 2.34. The van der Waals surface area contributed by atoms with Gasteiger partial charge in [-0.25, -0.2) is 4.98 Å². The molecule has 1 aromatic carbocycles. The lowest BCUT2D eigenvalue weighted by Gasteiger charge is -2.26. The average Bonchev–Trinajstić information content (AvgIpc) is 2.88. The van der Waals surface area contributed by atoms with Crippen molar-refractivity contribution in [2.45, 2.75) is 18.6 Å². The lowest BCUT2D eigenvalue weighted by atomic mass is 10.0. The number of rotatable bonds is 2. The Balaban J connectivity index is 1.81. The van der Waals surface area contributed by atoms with Gasteiger partial charge in [-0.1, -0.05) is 18.2 Å². The van der Waals surface area contributed by atoms with Crippen molar-refractivity contribution in [1.29, 1.82) is 0 Å². The third kappa shape index (κ3) is 2.58. The van der Waals surface area contributed by atoms with Crippen LogP contribution in [0.5, 0.6) is 5.75 Å². The van der Waals surface area contributed by atoms with Gasteiger partial charge < -0.3 is 10.1 Å². The van der Waals surface area contributed by atoms with Gasteiger partial charge >= 0.3 is 6.18 Å². The molecule has 0 fully saturated rings. The van der Waals surface area contributed by atoms with Crippen molar-refractivity contribution in [3.05, 3.63) is 40.9 Å². The molecule has 7 heteroatoms. The number of thiazole rings is 1. The molecule has 0 bridgehead atoms. The van der Waals surface area contributed by atoms with Gasteiger partial charge in [-0.05, 0) is 6.07 Å². The minimum atomic E-state index is -4.40. The highest BCUT2D eigenvalue weighted by molar-refractivity contribution is 7.13. The monoisotopic (exact) mass is 300 g/mol. The van der Waals surface area contributed by atoms with Crippen molar-refractivity contribution in [2.24, 2.45) is 0 Å². The quantitative estimate of drug-likeness (QED) is 0.906. The maximum absolute atomic E-state index is 12.5. The second-order valence-electron chi connectivity index (χ2n) is 4.41. The minimum absolute atomic E-state index is 0.0767. The van der Waals surface area contributed by atoms with Gasteiger partial charge in [-0.2, -0.15) is 13.2 Å². The van der Waals surface area contributed by atoms with E-state index in [2.05, 4.69) is 10.3 Å². The van der Waals surface area contributed by atoms with E-state index in [0.29, 0.717) is 13.0 Å². The van der Waals surface area contributed by atoms with Crippen LogP contribution in [0.1, 0.15) is 23.7 Å². The SMILES string of the molecule is FC(F)(F)c1csc(NC2CCOc3ccccc32)n1. The fraction of sp³-hybridized carbons (Fsp3) is 0.308. The van der Waals surface area contributed by atoms with Crippen LogP contribution >= 0.6 is 11.3 Å². The zero-order valence-electron chi connectivity index (χ0n) is 10.3. The average molecular weight is 300 g/mol. The van der Waals surface area contributed by atoms with E-state index < -0.39 is 11.9 Å². The van der Waals surface area contributed by atoms with Crippen LogP contribution in [0.25, 0.3) is 0 Å². The van der Waals surface area contributed by atoms with Crippen LogP contribution in [-0.2, 0) is 6.18 Å². The Bertz CT molecular complexity index is 612. The van der Waals surface area contributed by atoms with Crippen LogP contribution in [0.2, 0.25) is 0 Å². The van der Waals surface area contributed by atoms with E-state index in [4.69, 9.17) is 4.74 Å². The van der Waals surface area contributed by atoms with E-state index in [1.54, 1.807) is 0 Å². The number of fused-ring (bicyclic) bond motifs is 1. The Hall–Kier alpha value is -1.76. The lowest BCUT2D eigenvalue weighted by Crippen LogP contribution is -2.20. The summed E-state index contributed by atoms with van der Waals surface area (Å²) < 4.78 is 43.1. The van der Waals surface area contributed by atoms with E-state index in [0.717, 1.165) is 28.0 Å². The molecule has 0 saturated carbocycles. The van der Waals surface area contributed by atoms with Crippen molar-refractivity contribution in [3.8, 4) is 5.75 Å². The first-order chi connectivity index (χ1) is 9.54. The maximum Gasteiger partial charge on any atom is 0.434 e. The molecular weight excluding hydrogens is 289 g/mol. The smallest absolute Gasteiger partial charge is 0.434 e. The molecule has 2 aromatic rings. The Labute approximate surface area is 117 Å². The fourth-order valence-corrected chi connectivity index (χ4v) is 2.88. The molecule has 1 aliphatic rings. The number of hydrogen-bond acceptors (Lipinski definition) is 4. The molecule has 1 unspecified atom stereocenters. The number of hydrogen-bond donors (Lipinski definition) is 1. The number of anilines is 1. The second-order valence-corrected chi connectivity index (χ2v) is 5.27. The standard InChI is InChI=1S/C13H11F3N2OS/c14-13(15,16)11-7-20-12(18-11)17-9-5-6-19-10-4-2-1-3-8(9)10/h1-4,7,9H,5-6H2,(H,17,18). The van der Waals surface area contributed by atoms with Gasteiger partial charge in [-0.3, -0.25) is 0 Å². The van der Waals surface area contributed by atoms with Gasteiger partial charge in [0.05, 0.1) is 12.6 Å². The predicted octanol–water partition coefficient (Wildman–Crippen LogP) is 4.10. The number of nitrogens with zero attached hydrogens (tertiary/aromatic N) is 1. The van der Waals surface area contributed by atoms with Crippen LogP contribution in [0.15, 0.2) is 29.6 Å². The molecule has 2 heterocycles. The molecule has 1 atom stereocenters. The lowest BCUT2D eigenvalue weighted by molar-refractivity contribution is -0.140. The Morgan fingerprint density at radius 2 is 2.10 bits per heavy atom. The molecule has 20 heavy (non-hydrogen) atoms. The molecule has 0 radical (unpaired) electrons. The number of nitrogens with one attached hydrogen (secondary N) is 1. The van der Waals surface area contributed by atoms with E-state index in [1.807, 2.05) is 24.3 Å². The van der Waals surface area contributed by atoms with Gasteiger partial charge in [0.2, 0.25) is 0 Å². The third-order valence-electron chi connectivity index (χ3n) is 3.05. The normalized spacial score (nSPS) is 18.2. The minimum Gasteiger partial charge on any atom is -0.493 e. The number of halogens is 3. The fourth-order valence-electron chi connectivity index (χ4n) is 2.11. The van der Waals surface area contributed by atoms with Crippen LogP contribution in [0, 0.1) is 0 Å². The Morgan fingerprint density at radius 3 is 2.85 bits per heavy atom. The van der Waals surface area contributed by atoms with Gasteiger partial charge in [0.1, 0.15) is 5.75 Å². The molecule has 0 amide bonds. The van der Waals surface area contributed by atoms with Gasteiger partial charge in [0.25, 0.3) is 0 Å². The van der Waals surface area contributed by atoms with Crippen LogP contribution in [0.4, 0.5) is 18.3 Å². The zero-order chi connectivity index (χ0) is 14.2. The number of alkyl halides is 3. The second kappa shape index (κ2) is 4.97. The van der Waals surface area contributed by atoms with Gasteiger partial charge in [-0.15, -0.1) is 11.3 Å². The summed E-state index contributed by atoms with van der Waals surface area (Å²) in [6.07, 6.45) is -3.71. The Morgan fingerprint density at radius 1 is 1.30 bits per heavy atom. The molecule has 1 N–H and O–H groups in total. The maximum atomic E-state index is 12.5. The number of aromatic nitrogens is 1. The topological polar surface area (TPSA) is 34.1 Å². The number of benzene rings is 1. The van der Waals surface area contributed by atoms with Crippen molar-refractivity contribution < 1.29 is 17.9 Å². The largest absolute Gasteiger partial charge is 0.493 e. The first-order valence-corrected chi connectivity index (χ1v) is 6.93. The summed E-state index contributed by atoms with van der Waals surface area (Å²) in [7, 11) is 0. The van der Waals surface area contributed by atoms with Crippen LogP contribution in [-0.4, -0.2) is 11.6 Å². The predicted molar refractivity (Wildman–Crippen MR) is 70.0 cm³/mol. The summed E-state index contributed by atoms with van der Waals surface area (Å²) in [6, 6.07) is 7.43. The van der Waals surface area contributed by atoms with Gasteiger partial charge in [0.15, 0.2) is 10.8 Å². The molecule has 1 aromatic heterocycles. The highest BCUT2D eigenvalue weighted by atomic mass is 32.1. The summed E-state index contributed by atoms with van der Waals surface area (Å²) in [5, 5.41) is 4.36. The molecule has 0 saturated heterocycles. The van der Waals surface area contributed by atoms with Crippen molar-refractivity contribution in [1.82, 2.24) is 4.98 Å². The first kappa shape index (κ1) is 13.2. The highest BCUT2D eigenvalue weighted by Crippen LogP contribution is 2.36. The zero-order valence-corrected chi connectivity index (χ0v) is 11.1. The summed E-state index contributed by atoms with van der Waals surface area (Å²) in [6.45, 7) is 0.534. The van der Waals surface area contributed by atoms with Crippen molar-refractivity contribution in [3.63, 3.8) is 0 Å². The summed E-state index contributed by atoms with van der Waals surface area (Å²) in [4.78, 5) is 3.59. The molecule has 0 spiro atoms. The molecule has 3 rings (SSSR count). The number of ether oxygens (including phenoxy) is 1. The molecule has 0 aliphatic carbocycles. The van der Waals surface area contributed by atoms with Crippen molar-refractivity contribution >= 4 is 16.5 Å². The summed E-state index contributed by atoms with van der Waals surface area (Å²) in [5.41, 5.74) is 0.0906. The first-order valence-electron chi connectivity index (χ1n) is 6.05. The van der Waals surface area contributed by atoms with Crippen LogP contribution < -0.4 is 10.1 Å². The molecule has 1 aliphatic heterocycles. The third-order valence-corrected chi connectivity index (χ3v) is 3.82. The van der Waals surface area contributed by atoms with E-state index in [1.165, 1.54) is 0 Å². The molecule has 3 nitrogen and oxygen atoms in total. The summed E-state index contributed by atoms with van der Waals surface area (Å²) in [5.74, 6) is 0.767. The van der Waals surface area contributed by atoms with Crippen LogP contribution in [0.3, 0.4) is 0 Å². The summed E-state index contributed by atoms with van der Waals surface area (Å²) >= 11 is 0.962. The Kier molecular flexibility index (Phi) is 3.29. The molecule has 106 valence electrons. The van der Waals surface area contributed by atoms with Crippen molar-refractivity contribution in [2.75, 3.05) is 11.9 Å². The van der Waals surface area contributed by atoms with Gasteiger partial charge in [0, 0.05) is 17.4 Å². The van der Waals surface area contributed by atoms with E-state index in [9.17, 15) is 13.2 Å². The number of para-hydroxylation sites is 1. The van der Waals surface area contributed by atoms with E-state index in [-0.39, 0.29) is 11.2 Å².